The number of carbonyl (C=O) groups excluding carboxylic acids is 1. The molecule has 5 aromatic rings. The molecule has 0 saturated carbocycles. The standard InChI is InChI=1S/C26H22F2N8O/c27-14-3-4-18(28)15(10-14)22-2-1-8-35(22)23-5-9-36-25(34-23)17(13-31-36)24-32-20-11-16-19(12-21(20)33-24)29-6-7-30-26(16)37/h3-5,9-13,22,29H,1-2,6-8H2,(H,30,37)(H,32,33)/t22-/m1/s1. The maximum Gasteiger partial charge on any atom is 0.253 e. The molecule has 2 aliphatic rings. The second kappa shape index (κ2) is 8.26. The molecule has 2 aliphatic heterocycles. The number of carbonyl (C=O) groups is 1. The van der Waals surface area contributed by atoms with Crippen molar-refractivity contribution in [3.63, 3.8) is 0 Å². The maximum atomic E-state index is 14.6. The van der Waals surface area contributed by atoms with Crippen molar-refractivity contribution in [2.45, 2.75) is 18.9 Å². The van der Waals surface area contributed by atoms with E-state index in [2.05, 4.69) is 20.7 Å². The Balaban J connectivity index is 1.29. The molecule has 1 fully saturated rings. The number of aromatic amines is 1. The molecule has 0 aliphatic carbocycles. The first-order chi connectivity index (χ1) is 18.0. The van der Waals surface area contributed by atoms with E-state index < -0.39 is 11.6 Å². The first kappa shape index (κ1) is 21.7. The number of hydrogen-bond donors (Lipinski definition) is 3. The molecule has 7 rings (SSSR count). The summed E-state index contributed by atoms with van der Waals surface area (Å²) in [5, 5.41) is 10.6. The van der Waals surface area contributed by atoms with E-state index in [1.165, 1.54) is 12.1 Å². The fraction of sp³-hybridized carbons (Fsp3) is 0.231. The van der Waals surface area contributed by atoms with Crippen molar-refractivity contribution in [2.75, 3.05) is 29.9 Å². The first-order valence-electron chi connectivity index (χ1n) is 12.2. The molecule has 1 amide bonds. The fourth-order valence-corrected chi connectivity index (χ4v) is 5.31. The smallest absolute Gasteiger partial charge is 0.253 e. The van der Waals surface area contributed by atoms with Gasteiger partial charge in [0.15, 0.2) is 5.65 Å². The summed E-state index contributed by atoms with van der Waals surface area (Å²) < 4.78 is 30.2. The van der Waals surface area contributed by atoms with E-state index >= 15 is 0 Å². The van der Waals surface area contributed by atoms with E-state index in [1.807, 2.05) is 17.0 Å². The van der Waals surface area contributed by atoms with Crippen LogP contribution in [-0.2, 0) is 0 Å². The number of nitrogens with one attached hydrogen (secondary N) is 3. The van der Waals surface area contributed by atoms with Crippen molar-refractivity contribution in [2.24, 2.45) is 0 Å². The van der Waals surface area contributed by atoms with E-state index in [1.54, 1.807) is 23.0 Å². The molecule has 37 heavy (non-hydrogen) atoms. The topological polar surface area (TPSA) is 103 Å². The number of H-pyrrole nitrogens is 1. The lowest BCUT2D eigenvalue weighted by molar-refractivity contribution is 0.0958. The number of halogens is 2. The largest absolute Gasteiger partial charge is 0.383 e. The van der Waals surface area contributed by atoms with Gasteiger partial charge >= 0.3 is 0 Å². The molecule has 0 radical (unpaired) electrons. The Morgan fingerprint density at radius 1 is 1.00 bits per heavy atom. The van der Waals surface area contributed by atoms with Crippen LogP contribution in [0.2, 0.25) is 0 Å². The highest BCUT2D eigenvalue weighted by molar-refractivity contribution is 6.04. The lowest BCUT2D eigenvalue weighted by Crippen LogP contribution is -2.24. The number of aromatic nitrogens is 5. The van der Waals surface area contributed by atoms with Crippen molar-refractivity contribution in [1.29, 1.82) is 0 Å². The van der Waals surface area contributed by atoms with Crippen molar-refractivity contribution in [3.8, 4) is 11.4 Å². The van der Waals surface area contributed by atoms with Crippen LogP contribution < -0.4 is 15.5 Å². The number of anilines is 2. The molecule has 2 aromatic carbocycles. The Hall–Kier alpha value is -4.54. The maximum absolute atomic E-state index is 14.6. The lowest BCUT2D eigenvalue weighted by atomic mass is 10.0. The average molecular weight is 501 g/mol. The van der Waals surface area contributed by atoms with Gasteiger partial charge < -0.3 is 20.5 Å². The molecular weight excluding hydrogens is 478 g/mol. The minimum atomic E-state index is -0.459. The van der Waals surface area contributed by atoms with Gasteiger partial charge in [-0.2, -0.15) is 5.10 Å². The molecule has 3 aromatic heterocycles. The van der Waals surface area contributed by atoms with Crippen LogP contribution in [0.1, 0.15) is 34.8 Å². The van der Waals surface area contributed by atoms with Gasteiger partial charge in [0.2, 0.25) is 0 Å². The van der Waals surface area contributed by atoms with Crippen LogP contribution in [0.25, 0.3) is 28.1 Å². The van der Waals surface area contributed by atoms with Crippen LogP contribution in [-0.4, -0.2) is 50.1 Å². The van der Waals surface area contributed by atoms with Gasteiger partial charge in [0.25, 0.3) is 5.91 Å². The van der Waals surface area contributed by atoms with Crippen molar-refractivity contribution < 1.29 is 13.6 Å². The number of nitrogens with zero attached hydrogens (tertiary/aromatic N) is 5. The third-order valence-electron chi connectivity index (χ3n) is 7.07. The molecule has 0 bridgehead atoms. The Morgan fingerprint density at radius 3 is 2.81 bits per heavy atom. The minimum Gasteiger partial charge on any atom is -0.383 e. The average Bonchev–Trinajstić information content (AvgIpc) is 3.62. The molecule has 3 N–H and O–H groups in total. The number of benzene rings is 2. The van der Waals surface area contributed by atoms with E-state index in [0.717, 1.165) is 23.7 Å². The van der Waals surface area contributed by atoms with Gasteiger partial charge in [0.1, 0.15) is 23.3 Å². The molecule has 1 atom stereocenters. The third-order valence-corrected chi connectivity index (χ3v) is 7.07. The zero-order chi connectivity index (χ0) is 25.1. The molecule has 9 nitrogen and oxygen atoms in total. The van der Waals surface area contributed by atoms with E-state index in [0.29, 0.717) is 65.6 Å². The summed E-state index contributed by atoms with van der Waals surface area (Å²) in [6, 6.07) is 8.76. The highest BCUT2D eigenvalue weighted by Gasteiger charge is 2.30. The van der Waals surface area contributed by atoms with Gasteiger partial charge in [-0.15, -0.1) is 0 Å². The summed E-state index contributed by atoms with van der Waals surface area (Å²) in [4.78, 5) is 27.4. The number of fused-ring (bicyclic) bond motifs is 3. The predicted molar refractivity (Wildman–Crippen MR) is 135 cm³/mol. The summed E-state index contributed by atoms with van der Waals surface area (Å²) in [6.07, 6.45) is 5.04. The highest BCUT2D eigenvalue weighted by Crippen LogP contribution is 2.37. The minimum absolute atomic E-state index is 0.136. The van der Waals surface area contributed by atoms with E-state index in [9.17, 15) is 13.6 Å². The molecule has 0 unspecified atom stereocenters. The number of rotatable bonds is 3. The predicted octanol–water partition coefficient (Wildman–Crippen LogP) is 4.05. The lowest BCUT2D eigenvalue weighted by Gasteiger charge is -2.26. The van der Waals surface area contributed by atoms with Crippen LogP contribution in [0, 0.1) is 11.6 Å². The van der Waals surface area contributed by atoms with Crippen LogP contribution in [0.5, 0.6) is 0 Å². The summed E-state index contributed by atoms with van der Waals surface area (Å²) in [5.74, 6) is 0.213. The Bertz CT molecular complexity index is 1690. The van der Waals surface area contributed by atoms with Crippen LogP contribution in [0.3, 0.4) is 0 Å². The highest BCUT2D eigenvalue weighted by atomic mass is 19.1. The normalized spacial score (nSPS) is 17.6. The van der Waals surface area contributed by atoms with Gasteiger partial charge in [0, 0.05) is 37.1 Å². The number of hydrogen-bond acceptors (Lipinski definition) is 6. The van der Waals surface area contributed by atoms with Crippen molar-refractivity contribution >= 4 is 34.1 Å². The van der Waals surface area contributed by atoms with E-state index in [4.69, 9.17) is 9.97 Å². The molecule has 0 spiro atoms. The summed E-state index contributed by atoms with van der Waals surface area (Å²) in [5.41, 5.74) is 4.35. The van der Waals surface area contributed by atoms with Gasteiger partial charge in [0.05, 0.1) is 34.4 Å². The summed E-state index contributed by atoms with van der Waals surface area (Å²) in [7, 11) is 0. The molecule has 186 valence electrons. The first-order valence-corrected chi connectivity index (χ1v) is 12.2. The Labute approximate surface area is 209 Å². The quantitative estimate of drug-likeness (QED) is 0.346. The van der Waals surface area contributed by atoms with Crippen molar-refractivity contribution in [3.05, 3.63) is 71.6 Å². The van der Waals surface area contributed by atoms with Crippen LogP contribution in [0.4, 0.5) is 20.3 Å². The van der Waals surface area contributed by atoms with Gasteiger partial charge in [-0.25, -0.2) is 23.3 Å². The Kier molecular flexibility index (Phi) is 4.85. The Morgan fingerprint density at radius 2 is 1.89 bits per heavy atom. The number of amides is 1. The van der Waals surface area contributed by atoms with Crippen LogP contribution >= 0.6 is 0 Å². The van der Waals surface area contributed by atoms with Gasteiger partial charge in [-0.1, -0.05) is 0 Å². The molecule has 11 heteroatoms. The summed E-state index contributed by atoms with van der Waals surface area (Å²) in [6.45, 7) is 1.88. The van der Waals surface area contributed by atoms with Gasteiger partial charge in [-0.05, 0) is 49.2 Å². The zero-order valence-electron chi connectivity index (χ0n) is 19.6. The zero-order valence-corrected chi connectivity index (χ0v) is 19.6. The monoisotopic (exact) mass is 500 g/mol. The molecule has 1 saturated heterocycles. The molecule has 5 heterocycles. The van der Waals surface area contributed by atoms with E-state index in [-0.39, 0.29) is 11.9 Å². The number of imidazole rings is 1. The SMILES string of the molecule is O=C1NCCNc2cc3[nH]c(-c4cnn5ccc(N6CCC[C@@H]6c6cc(F)ccc6F)nc45)nc3cc21. The fourth-order valence-electron chi connectivity index (χ4n) is 5.31. The second-order valence-electron chi connectivity index (χ2n) is 9.31. The third kappa shape index (κ3) is 3.57. The summed E-state index contributed by atoms with van der Waals surface area (Å²) >= 11 is 0. The van der Waals surface area contributed by atoms with Gasteiger partial charge in [-0.3, -0.25) is 4.79 Å². The molecular formula is C26H22F2N8O. The van der Waals surface area contributed by atoms with Crippen LogP contribution in [0.15, 0.2) is 48.8 Å². The second-order valence-corrected chi connectivity index (χ2v) is 9.31. The van der Waals surface area contributed by atoms with Crippen molar-refractivity contribution in [1.82, 2.24) is 29.9 Å².